The minimum absolute atomic E-state index is 0.184. The third-order valence-corrected chi connectivity index (χ3v) is 6.00. The van der Waals surface area contributed by atoms with Crippen LogP contribution in [0.2, 0.25) is 9.49 Å². The van der Waals surface area contributed by atoms with Crippen LogP contribution in [0.5, 0.6) is 0 Å². The van der Waals surface area contributed by atoms with Gasteiger partial charge in [-0.1, -0.05) is 41.4 Å². The molecular formula is C21H13Cl2N5O2S. The van der Waals surface area contributed by atoms with Gasteiger partial charge in [-0.05, 0) is 30.3 Å². The second-order valence-electron chi connectivity index (χ2n) is 6.72. The summed E-state index contributed by atoms with van der Waals surface area (Å²) in [4.78, 5) is 17.8. The van der Waals surface area contributed by atoms with Crippen LogP contribution in [0.3, 0.4) is 0 Å². The lowest BCUT2D eigenvalue weighted by atomic mass is 10.1. The molecular weight excluding hydrogens is 457 g/mol. The third kappa shape index (κ3) is 4.10. The Labute approximate surface area is 189 Å². The number of rotatable bonds is 5. The molecule has 3 heterocycles. The minimum Gasteiger partial charge on any atom is -0.420 e. The number of nitrogens with zero attached hydrogens (tertiary/aromatic N) is 5. The van der Waals surface area contributed by atoms with Crippen LogP contribution in [0.15, 0.2) is 63.9 Å². The monoisotopic (exact) mass is 469 g/mol. The number of thiazole rings is 1. The summed E-state index contributed by atoms with van der Waals surface area (Å²) in [6.45, 7) is 0.279. The molecule has 0 bridgehead atoms. The van der Waals surface area contributed by atoms with E-state index in [0.717, 1.165) is 15.8 Å². The zero-order valence-electron chi connectivity index (χ0n) is 15.8. The second-order valence-corrected chi connectivity index (χ2v) is 8.85. The number of benzene rings is 2. The van der Waals surface area contributed by atoms with Crippen molar-refractivity contribution < 1.29 is 4.42 Å². The van der Waals surface area contributed by atoms with Crippen molar-refractivity contribution in [1.29, 1.82) is 0 Å². The van der Waals surface area contributed by atoms with Gasteiger partial charge >= 0.3 is 0 Å². The van der Waals surface area contributed by atoms with Crippen molar-refractivity contribution in [2.24, 2.45) is 0 Å². The normalized spacial score (nSPS) is 11.3. The smallest absolute Gasteiger partial charge is 0.274 e. The number of hydrogen-bond donors (Lipinski definition) is 0. The summed E-state index contributed by atoms with van der Waals surface area (Å²) in [6.07, 6.45) is 1.93. The van der Waals surface area contributed by atoms with E-state index in [9.17, 15) is 4.79 Å². The van der Waals surface area contributed by atoms with Crippen LogP contribution in [0.25, 0.3) is 22.2 Å². The topological polar surface area (TPSA) is 86.7 Å². The van der Waals surface area contributed by atoms with Gasteiger partial charge in [-0.3, -0.25) is 4.79 Å². The van der Waals surface area contributed by atoms with Gasteiger partial charge in [0.25, 0.3) is 5.56 Å². The fourth-order valence-electron chi connectivity index (χ4n) is 3.22. The Bertz CT molecular complexity index is 1440. The maximum Gasteiger partial charge on any atom is 0.274 e. The molecule has 0 N–H and O–H groups in total. The highest BCUT2D eigenvalue weighted by Gasteiger charge is 2.16. The van der Waals surface area contributed by atoms with Crippen molar-refractivity contribution in [2.75, 3.05) is 0 Å². The van der Waals surface area contributed by atoms with Gasteiger partial charge in [0.1, 0.15) is 0 Å². The Morgan fingerprint density at radius 2 is 1.77 bits per heavy atom. The molecule has 0 amide bonds. The zero-order valence-corrected chi connectivity index (χ0v) is 18.2. The summed E-state index contributed by atoms with van der Waals surface area (Å²) in [5.74, 6) is 0.789. The van der Waals surface area contributed by atoms with Crippen LogP contribution >= 0.6 is 34.5 Å². The molecule has 2 aromatic carbocycles. The van der Waals surface area contributed by atoms with Crippen molar-refractivity contribution >= 4 is 45.3 Å². The quantitative estimate of drug-likeness (QED) is 0.365. The molecule has 0 fully saturated rings. The van der Waals surface area contributed by atoms with Gasteiger partial charge in [0.15, 0.2) is 4.47 Å². The first kappa shape index (κ1) is 19.9. The largest absolute Gasteiger partial charge is 0.420 e. The van der Waals surface area contributed by atoms with Crippen molar-refractivity contribution in [3.05, 3.63) is 91.0 Å². The van der Waals surface area contributed by atoms with Crippen LogP contribution in [-0.4, -0.2) is 25.0 Å². The summed E-state index contributed by atoms with van der Waals surface area (Å²) in [5, 5.41) is 14.8. The first-order chi connectivity index (χ1) is 15.1. The molecule has 0 aliphatic rings. The van der Waals surface area contributed by atoms with Crippen LogP contribution in [0.4, 0.5) is 0 Å². The number of fused-ring (bicyclic) bond motifs is 1. The zero-order chi connectivity index (χ0) is 21.4. The molecule has 0 unspecified atom stereocenters. The Morgan fingerprint density at radius 1 is 1.00 bits per heavy atom. The van der Waals surface area contributed by atoms with E-state index in [4.69, 9.17) is 27.6 Å². The summed E-state index contributed by atoms with van der Waals surface area (Å²) < 4.78 is 7.67. The summed E-state index contributed by atoms with van der Waals surface area (Å²) in [7, 11) is 0. The van der Waals surface area contributed by atoms with Gasteiger partial charge in [0.2, 0.25) is 11.8 Å². The Morgan fingerprint density at radius 3 is 2.52 bits per heavy atom. The lowest BCUT2D eigenvalue weighted by molar-refractivity contribution is 0.512. The molecule has 10 heteroatoms. The highest BCUT2D eigenvalue weighted by atomic mass is 35.5. The van der Waals surface area contributed by atoms with E-state index in [1.54, 1.807) is 24.4 Å². The van der Waals surface area contributed by atoms with Crippen LogP contribution in [0, 0.1) is 0 Å². The third-order valence-electron chi connectivity index (χ3n) is 4.65. The van der Waals surface area contributed by atoms with Crippen LogP contribution in [0.1, 0.15) is 16.5 Å². The second kappa shape index (κ2) is 8.22. The van der Waals surface area contributed by atoms with Crippen LogP contribution in [-0.2, 0) is 13.0 Å². The first-order valence-electron chi connectivity index (χ1n) is 9.24. The van der Waals surface area contributed by atoms with Gasteiger partial charge in [-0.2, -0.15) is 5.10 Å². The molecule has 5 aromatic rings. The molecule has 0 saturated carbocycles. The number of aromatic nitrogens is 5. The summed E-state index contributed by atoms with van der Waals surface area (Å²) >= 11 is 13.2. The van der Waals surface area contributed by atoms with Gasteiger partial charge in [0.05, 0.1) is 24.0 Å². The summed E-state index contributed by atoms with van der Waals surface area (Å²) in [6, 6.07) is 14.5. The van der Waals surface area contributed by atoms with Gasteiger partial charge in [-0.25, -0.2) is 9.67 Å². The lowest BCUT2D eigenvalue weighted by Gasteiger charge is -2.09. The van der Waals surface area contributed by atoms with Crippen molar-refractivity contribution in [3.63, 3.8) is 0 Å². The SMILES string of the molecule is O=c1c2ccccc2c(Cc2nnc(-c3ccc(Cl)cc3)o2)nn1Cc1cnc(Cl)s1. The fourth-order valence-corrected chi connectivity index (χ4v) is 4.31. The Hall–Kier alpha value is -3.07. The van der Waals surface area contributed by atoms with E-state index < -0.39 is 0 Å². The summed E-state index contributed by atoms with van der Waals surface area (Å²) in [5.41, 5.74) is 1.25. The molecule has 0 radical (unpaired) electrons. The van der Waals surface area contributed by atoms with Crippen molar-refractivity contribution in [2.45, 2.75) is 13.0 Å². The molecule has 154 valence electrons. The molecule has 5 rings (SSSR count). The molecule has 0 atom stereocenters. The Kier molecular flexibility index (Phi) is 5.27. The molecule has 0 aliphatic heterocycles. The van der Waals surface area contributed by atoms with Gasteiger partial charge in [0, 0.05) is 27.0 Å². The number of halogens is 2. The number of hydrogen-bond acceptors (Lipinski definition) is 7. The molecule has 0 aliphatic carbocycles. The predicted molar refractivity (Wildman–Crippen MR) is 120 cm³/mol. The van der Waals surface area contributed by atoms with Crippen LogP contribution < -0.4 is 5.56 Å². The highest BCUT2D eigenvalue weighted by Crippen LogP contribution is 2.23. The van der Waals surface area contributed by atoms with E-state index in [1.165, 1.54) is 16.0 Å². The average molecular weight is 470 g/mol. The molecule has 31 heavy (non-hydrogen) atoms. The van der Waals surface area contributed by atoms with Gasteiger partial charge < -0.3 is 4.42 Å². The maximum absolute atomic E-state index is 13.0. The van der Waals surface area contributed by atoms with E-state index in [-0.39, 0.29) is 18.5 Å². The molecule has 0 saturated heterocycles. The average Bonchev–Trinajstić information content (AvgIpc) is 3.41. The van der Waals surface area contributed by atoms with E-state index >= 15 is 0 Å². The highest BCUT2D eigenvalue weighted by molar-refractivity contribution is 7.15. The lowest BCUT2D eigenvalue weighted by Crippen LogP contribution is -2.25. The van der Waals surface area contributed by atoms with Crippen molar-refractivity contribution in [1.82, 2.24) is 25.0 Å². The minimum atomic E-state index is -0.184. The molecule has 0 spiro atoms. The fraction of sp³-hybridized carbons (Fsp3) is 0.0952. The van der Waals surface area contributed by atoms with Crippen molar-refractivity contribution in [3.8, 4) is 11.5 Å². The molecule has 7 nitrogen and oxygen atoms in total. The Balaban J connectivity index is 1.52. The van der Waals surface area contributed by atoms with Gasteiger partial charge in [-0.15, -0.1) is 21.5 Å². The molecule has 3 aromatic heterocycles. The maximum atomic E-state index is 13.0. The standard InChI is InChI=1S/C21H13Cl2N5O2S/c22-13-7-5-12(6-8-13)19-26-25-18(30-19)9-17-15-3-1-2-4-16(15)20(29)28(27-17)11-14-10-24-21(23)31-14/h1-8,10H,9,11H2. The van der Waals surface area contributed by atoms with E-state index in [0.29, 0.717) is 32.4 Å². The first-order valence-corrected chi connectivity index (χ1v) is 10.8. The predicted octanol–water partition coefficient (Wildman–Crippen LogP) is 4.85. The van der Waals surface area contributed by atoms with E-state index in [2.05, 4.69) is 20.3 Å². The van der Waals surface area contributed by atoms with E-state index in [1.807, 2.05) is 30.3 Å².